The molecule has 0 saturated carbocycles. The van der Waals surface area contributed by atoms with Crippen LogP contribution in [-0.2, 0) is 0 Å². The Morgan fingerprint density at radius 3 is 1.54 bits per heavy atom. The molecule has 0 radical (unpaired) electrons. The third-order valence-electron chi connectivity index (χ3n) is 10.9. The number of benzene rings is 9. The number of para-hydroxylation sites is 1. The first-order valence-corrected chi connectivity index (χ1v) is 18.6. The first kappa shape index (κ1) is 31.7. The molecule has 11 aromatic rings. The van der Waals surface area contributed by atoms with Crippen molar-refractivity contribution in [1.82, 2.24) is 19.9 Å². The quantitative estimate of drug-likeness (QED) is 0.135. The van der Waals surface area contributed by atoms with Crippen molar-refractivity contribution >= 4 is 70.5 Å². The maximum Gasteiger partial charge on any atom is 0.187 e. The number of nitrogens with zero attached hydrogens (tertiary/aromatic N) is 5. The largest absolute Gasteiger partial charge is 0.247 e. The average Bonchev–Trinajstić information content (AvgIpc) is 3.28. The average molecular weight is 712 g/mol. The predicted molar refractivity (Wildman–Crippen MR) is 231 cm³/mol. The van der Waals surface area contributed by atoms with E-state index in [1.54, 1.807) is 0 Å². The minimum atomic E-state index is 0.599. The van der Waals surface area contributed by atoms with Crippen LogP contribution in [0.1, 0.15) is 0 Å². The highest BCUT2D eigenvalue weighted by molar-refractivity contribution is 6.33. The summed E-state index contributed by atoms with van der Waals surface area (Å²) in [5.74, 6) is 1.85. The molecule has 0 aliphatic heterocycles. The zero-order valence-corrected chi connectivity index (χ0v) is 30.0. The SMILES string of the molecule is [C-]#[N+]c1ccc(-c2nc3ccccc3c3c4ccccc4c4cc(-c5nc(-c6cccc7ccccc67)nc(-c6cccc7ccccc67)n5)ccc4c23)cc1. The van der Waals surface area contributed by atoms with Gasteiger partial charge in [-0.05, 0) is 60.8 Å². The van der Waals surface area contributed by atoms with Crippen LogP contribution in [-0.4, -0.2) is 19.9 Å². The molecule has 0 aliphatic rings. The second-order valence-electron chi connectivity index (χ2n) is 14.1. The highest BCUT2D eigenvalue weighted by Crippen LogP contribution is 2.44. The minimum Gasteiger partial charge on any atom is -0.247 e. The highest BCUT2D eigenvalue weighted by atomic mass is 15.0. The van der Waals surface area contributed by atoms with Crippen LogP contribution in [0.2, 0.25) is 0 Å². The minimum absolute atomic E-state index is 0.599. The Bertz CT molecular complexity index is 3330. The molecule has 2 heterocycles. The lowest BCUT2D eigenvalue weighted by atomic mass is 9.89. The number of hydrogen-bond acceptors (Lipinski definition) is 4. The molecule has 56 heavy (non-hydrogen) atoms. The van der Waals surface area contributed by atoms with E-state index in [2.05, 4.69) is 150 Å². The van der Waals surface area contributed by atoms with Crippen molar-refractivity contribution in [2.24, 2.45) is 0 Å². The number of aromatic nitrogens is 4. The molecule has 0 spiro atoms. The molecule has 5 heteroatoms. The van der Waals surface area contributed by atoms with Gasteiger partial charge in [-0.15, -0.1) is 0 Å². The van der Waals surface area contributed by atoms with E-state index in [0.29, 0.717) is 23.2 Å². The molecule has 5 nitrogen and oxygen atoms in total. The van der Waals surface area contributed by atoms with Crippen LogP contribution in [0.25, 0.3) is 115 Å². The van der Waals surface area contributed by atoms with Gasteiger partial charge in [-0.3, -0.25) is 0 Å². The molecule has 11 rings (SSSR count). The monoisotopic (exact) mass is 711 g/mol. The molecule has 2 aromatic heterocycles. The summed E-state index contributed by atoms with van der Waals surface area (Å²) in [6.45, 7) is 7.54. The van der Waals surface area contributed by atoms with Gasteiger partial charge < -0.3 is 0 Å². The van der Waals surface area contributed by atoms with Crippen LogP contribution in [0.3, 0.4) is 0 Å². The van der Waals surface area contributed by atoms with E-state index < -0.39 is 0 Å². The molecule has 0 unspecified atom stereocenters. The van der Waals surface area contributed by atoms with Gasteiger partial charge in [0.25, 0.3) is 0 Å². The van der Waals surface area contributed by atoms with Gasteiger partial charge in [0.05, 0.1) is 17.8 Å². The molecule has 0 N–H and O–H groups in total. The normalized spacial score (nSPS) is 11.6. The van der Waals surface area contributed by atoms with E-state index in [1.807, 2.05) is 30.3 Å². The van der Waals surface area contributed by atoms with Crippen LogP contribution in [0.15, 0.2) is 176 Å². The second kappa shape index (κ2) is 12.7. The van der Waals surface area contributed by atoms with Crippen LogP contribution >= 0.6 is 0 Å². The third kappa shape index (κ3) is 5.01. The topological polar surface area (TPSA) is 55.9 Å². The molecule has 0 atom stereocenters. The van der Waals surface area contributed by atoms with E-state index in [1.165, 1.54) is 0 Å². The molecule has 0 bridgehead atoms. The first-order chi connectivity index (χ1) is 27.7. The summed E-state index contributed by atoms with van der Waals surface area (Å²) in [4.78, 5) is 24.6. The second-order valence-corrected chi connectivity index (χ2v) is 14.1. The van der Waals surface area contributed by atoms with Gasteiger partial charge in [-0.2, -0.15) is 0 Å². The Balaban J connectivity index is 1.22. The Labute approximate surface area is 322 Å². The smallest absolute Gasteiger partial charge is 0.187 e. The van der Waals surface area contributed by atoms with Crippen molar-refractivity contribution in [3.05, 3.63) is 187 Å². The van der Waals surface area contributed by atoms with Gasteiger partial charge >= 0.3 is 0 Å². The summed E-state index contributed by atoms with van der Waals surface area (Å²) in [6.07, 6.45) is 0. The van der Waals surface area contributed by atoms with E-state index in [4.69, 9.17) is 26.5 Å². The predicted octanol–water partition coefficient (Wildman–Crippen LogP) is 13.4. The molecule has 0 saturated heterocycles. The number of fused-ring (bicyclic) bond motifs is 10. The summed E-state index contributed by atoms with van der Waals surface area (Å²) in [5, 5.41) is 12.2. The Morgan fingerprint density at radius 1 is 0.357 bits per heavy atom. The fourth-order valence-electron chi connectivity index (χ4n) is 8.30. The van der Waals surface area contributed by atoms with Gasteiger partial charge in [-0.25, -0.2) is 24.8 Å². The summed E-state index contributed by atoms with van der Waals surface area (Å²) >= 11 is 0. The van der Waals surface area contributed by atoms with Gasteiger partial charge in [0.15, 0.2) is 23.2 Å². The van der Waals surface area contributed by atoms with Gasteiger partial charge in [0.2, 0.25) is 0 Å². The summed E-state index contributed by atoms with van der Waals surface area (Å²) in [6, 6.07) is 60.6. The standard InChI is InChI=1S/C51H29N5/c1-52-35-27-24-33(25-28-35)48-47-40-29-26-34(30-44(40)38-18-6-7-19-39(38)46(47)43-20-8-9-23-45(43)53-48)49-54-50(41-21-10-14-31-12-2-4-16-36(31)41)56-51(55-49)42-22-11-15-32-13-3-5-17-37(32)42/h2-30H. The van der Waals surface area contributed by atoms with Crippen LogP contribution in [0.4, 0.5) is 5.69 Å². The first-order valence-electron chi connectivity index (χ1n) is 18.6. The van der Waals surface area contributed by atoms with Gasteiger partial charge in [-0.1, -0.05) is 164 Å². The van der Waals surface area contributed by atoms with Crippen molar-refractivity contribution in [2.45, 2.75) is 0 Å². The lowest BCUT2D eigenvalue weighted by molar-refractivity contribution is 1.08. The Hall–Kier alpha value is -7.81. The number of rotatable bonds is 4. The van der Waals surface area contributed by atoms with E-state index >= 15 is 0 Å². The van der Waals surface area contributed by atoms with E-state index in [9.17, 15) is 0 Å². The van der Waals surface area contributed by atoms with Crippen molar-refractivity contribution in [1.29, 1.82) is 0 Å². The molecular formula is C51H29N5. The van der Waals surface area contributed by atoms with Crippen molar-refractivity contribution in [3.8, 4) is 45.4 Å². The van der Waals surface area contributed by atoms with Gasteiger partial charge in [0, 0.05) is 32.8 Å². The Kier molecular flexibility index (Phi) is 7.16. The zero-order chi connectivity index (χ0) is 37.2. The lowest BCUT2D eigenvalue weighted by Gasteiger charge is -2.17. The summed E-state index contributed by atoms with van der Waals surface area (Å²) < 4.78 is 0. The Morgan fingerprint density at radius 2 is 0.875 bits per heavy atom. The molecule has 9 aromatic carbocycles. The molecule has 258 valence electrons. The van der Waals surface area contributed by atoms with Crippen LogP contribution < -0.4 is 0 Å². The highest BCUT2D eigenvalue weighted by Gasteiger charge is 2.20. The number of pyridine rings is 1. The third-order valence-corrected chi connectivity index (χ3v) is 10.9. The van der Waals surface area contributed by atoms with Crippen LogP contribution in [0, 0.1) is 6.57 Å². The van der Waals surface area contributed by atoms with Gasteiger partial charge in [0.1, 0.15) is 0 Å². The molecule has 0 amide bonds. The fourth-order valence-corrected chi connectivity index (χ4v) is 8.30. The maximum absolute atomic E-state index is 7.54. The molecule has 0 aliphatic carbocycles. The maximum atomic E-state index is 7.54. The molecular weight excluding hydrogens is 683 g/mol. The van der Waals surface area contributed by atoms with Crippen molar-refractivity contribution in [2.75, 3.05) is 0 Å². The van der Waals surface area contributed by atoms with E-state index in [0.717, 1.165) is 92.7 Å². The van der Waals surface area contributed by atoms with E-state index in [-0.39, 0.29) is 0 Å². The van der Waals surface area contributed by atoms with Crippen LogP contribution in [0.5, 0.6) is 0 Å². The zero-order valence-electron chi connectivity index (χ0n) is 30.0. The van der Waals surface area contributed by atoms with Crippen molar-refractivity contribution in [3.63, 3.8) is 0 Å². The molecule has 0 fully saturated rings. The van der Waals surface area contributed by atoms with Crippen molar-refractivity contribution < 1.29 is 0 Å². The fraction of sp³-hybridized carbons (Fsp3) is 0. The lowest BCUT2D eigenvalue weighted by Crippen LogP contribution is -2.01. The summed E-state index contributed by atoms with van der Waals surface area (Å²) in [7, 11) is 0. The summed E-state index contributed by atoms with van der Waals surface area (Å²) in [5.41, 5.74) is 6.18. The number of hydrogen-bond donors (Lipinski definition) is 0.